The van der Waals surface area contributed by atoms with Crippen molar-refractivity contribution in [2.75, 3.05) is 27.4 Å². The normalized spacial score (nSPS) is 15.9. The van der Waals surface area contributed by atoms with Crippen molar-refractivity contribution < 1.29 is 19.0 Å². The standard InChI is InChI=1S/C25H29N3O4S/c1-5-32-22-15-18(10-13-21(22)31-4)20-7-6-14-28(27-20)25(29)23-16(2)26-24(33-23)17-8-11-19(30-3)12-9-17/h8-13,15,20,27H,5-7,14H2,1-4H3. The van der Waals surface area contributed by atoms with Crippen LogP contribution in [0.4, 0.5) is 0 Å². The van der Waals surface area contributed by atoms with Gasteiger partial charge in [0.2, 0.25) is 0 Å². The highest BCUT2D eigenvalue weighted by molar-refractivity contribution is 7.17. The summed E-state index contributed by atoms with van der Waals surface area (Å²) in [4.78, 5) is 18.7. The Hall–Kier alpha value is -3.10. The highest BCUT2D eigenvalue weighted by atomic mass is 32.1. The predicted molar refractivity (Wildman–Crippen MR) is 129 cm³/mol. The van der Waals surface area contributed by atoms with Crippen molar-refractivity contribution in [1.29, 1.82) is 0 Å². The molecule has 0 radical (unpaired) electrons. The minimum absolute atomic E-state index is 0.0158. The van der Waals surface area contributed by atoms with Crippen LogP contribution < -0.4 is 19.6 Å². The largest absolute Gasteiger partial charge is 0.497 e. The molecule has 4 rings (SSSR count). The monoisotopic (exact) mass is 467 g/mol. The van der Waals surface area contributed by atoms with Crippen LogP contribution in [0.25, 0.3) is 10.6 Å². The average Bonchev–Trinajstić information content (AvgIpc) is 3.25. The summed E-state index contributed by atoms with van der Waals surface area (Å²) in [5.74, 6) is 2.16. The van der Waals surface area contributed by atoms with Gasteiger partial charge in [-0.3, -0.25) is 9.80 Å². The number of nitrogens with zero attached hydrogens (tertiary/aromatic N) is 2. The van der Waals surface area contributed by atoms with E-state index in [0.29, 0.717) is 29.5 Å². The van der Waals surface area contributed by atoms with Gasteiger partial charge in [0.1, 0.15) is 15.6 Å². The van der Waals surface area contributed by atoms with Gasteiger partial charge in [0.25, 0.3) is 5.91 Å². The number of thiazole rings is 1. The fourth-order valence-corrected chi connectivity index (χ4v) is 4.95. The Balaban J connectivity index is 1.52. The number of rotatable bonds is 7. The molecule has 2 aromatic carbocycles. The number of amides is 1. The molecule has 174 valence electrons. The van der Waals surface area contributed by atoms with E-state index < -0.39 is 0 Å². The van der Waals surface area contributed by atoms with Crippen molar-refractivity contribution in [3.05, 3.63) is 58.6 Å². The van der Waals surface area contributed by atoms with Gasteiger partial charge in [0, 0.05) is 12.1 Å². The van der Waals surface area contributed by atoms with Crippen LogP contribution in [-0.4, -0.2) is 43.3 Å². The molecule has 1 aliphatic rings. The zero-order chi connectivity index (χ0) is 23.4. The Morgan fingerprint density at radius 2 is 1.94 bits per heavy atom. The topological polar surface area (TPSA) is 72.9 Å². The molecule has 0 spiro atoms. The molecule has 3 aromatic rings. The molecule has 0 saturated carbocycles. The number of nitrogens with one attached hydrogen (secondary N) is 1. The summed E-state index contributed by atoms with van der Waals surface area (Å²) in [7, 11) is 3.27. The molecule has 33 heavy (non-hydrogen) atoms. The van der Waals surface area contributed by atoms with E-state index >= 15 is 0 Å². The molecule has 1 N–H and O–H groups in total. The molecule has 0 aliphatic carbocycles. The third-order valence-electron chi connectivity index (χ3n) is 5.65. The minimum atomic E-state index is -0.0481. The van der Waals surface area contributed by atoms with E-state index in [1.54, 1.807) is 19.2 Å². The molecule has 1 aliphatic heterocycles. The fraction of sp³-hybridized carbons (Fsp3) is 0.360. The molecule has 1 saturated heterocycles. The van der Waals surface area contributed by atoms with Crippen molar-refractivity contribution in [2.45, 2.75) is 32.7 Å². The van der Waals surface area contributed by atoms with E-state index in [4.69, 9.17) is 14.2 Å². The SMILES string of the molecule is CCOc1cc(C2CCCN(C(=O)c3sc(-c4ccc(OC)cc4)nc3C)N2)ccc1OC. The van der Waals surface area contributed by atoms with Crippen LogP contribution in [0, 0.1) is 6.92 Å². The van der Waals surface area contributed by atoms with Gasteiger partial charge in [-0.25, -0.2) is 10.4 Å². The molecule has 1 amide bonds. The first-order chi connectivity index (χ1) is 16.0. The molecule has 7 nitrogen and oxygen atoms in total. The quantitative estimate of drug-likeness (QED) is 0.526. The van der Waals surface area contributed by atoms with Gasteiger partial charge in [-0.15, -0.1) is 11.3 Å². The van der Waals surface area contributed by atoms with Crippen LogP contribution in [0.15, 0.2) is 42.5 Å². The molecular formula is C25H29N3O4S. The van der Waals surface area contributed by atoms with Gasteiger partial charge < -0.3 is 14.2 Å². The molecule has 0 bridgehead atoms. The van der Waals surface area contributed by atoms with Crippen molar-refractivity contribution in [3.63, 3.8) is 0 Å². The Bertz CT molecular complexity index is 1110. The summed E-state index contributed by atoms with van der Waals surface area (Å²) >= 11 is 1.42. The van der Waals surface area contributed by atoms with Crippen molar-refractivity contribution in [2.24, 2.45) is 0 Å². The van der Waals surface area contributed by atoms with E-state index in [-0.39, 0.29) is 11.9 Å². The first kappa shape index (κ1) is 23.1. The number of carbonyl (C=O) groups excluding carboxylic acids is 1. The second kappa shape index (κ2) is 10.2. The van der Waals surface area contributed by atoms with Gasteiger partial charge in [-0.1, -0.05) is 6.07 Å². The Kier molecular flexibility index (Phi) is 7.15. The number of ether oxygens (including phenoxy) is 3. The van der Waals surface area contributed by atoms with E-state index in [0.717, 1.165) is 40.4 Å². The van der Waals surface area contributed by atoms with Gasteiger partial charge >= 0.3 is 0 Å². The van der Waals surface area contributed by atoms with Gasteiger partial charge in [-0.05, 0) is 68.7 Å². The Morgan fingerprint density at radius 1 is 1.15 bits per heavy atom. The molecule has 2 heterocycles. The molecule has 1 atom stereocenters. The van der Waals surface area contributed by atoms with Gasteiger partial charge in [0.05, 0.1) is 32.6 Å². The van der Waals surface area contributed by atoms with Gasteiger partial charge in [-0.2, -0.15) is 0 Å². The number of benzene rings is 2. The number of carbonyl (C=O) groups is 1. The Labute approximate surface area is 198 Å². The van der Waals surface area contributed by atoms with Crippen LogP contribution in [0.1, 0.15) is 46.7 Å². The molecular weight excluding hydrogens is 438 g/mol. The van der Waals surface area contributed by atoms with Gasteiger partial charge in [0.15, 0.2) is 11.5 Å². The zero-order valence-electron chi connectivity index (χ0n) is 19.4. The van der Waals surface area contributed by atoms with Crippen LogP contribution in [0.3, 0.4) is 0 Å². The third-order valence-corrected chi connectivity index (χ3v) is 6.84. The average molecular weight is 468 g/mol. The second-order valence-corrected chi connectivity index (χ2v) is 8.79. The molecule has 1 aromatic heterocycles. The van der Waals surface area contributed by atoms with Crippen molar-refractivity contribution in [3.8, 4) is 27.8 Å². The van der Waals surface area contributed by atoms with Crippen molar-refractivity contribution in [1.82, 2.24) is 15.4 Å². The fourth-order valence-electron chi connectivity index (χ4n) is 3.92. The van der Waals surface area contributed by atoms with Crippen molar-refractivity contribution >= 4 is 17.2 Å². The number of methoxy groups -OCH3 is 2. The molecule has 1 unspecified atom stereocenters. The number of aryl methyl sites for hydroxylation is 1. The summed E-state index contributed by atoms with van der Waals surface area (Å²) in [6, 6.07) is 13.7. The first-order valence-corrected chi connectivity index (χ1v) is 11.9. The number of hydrogen-bond acceptors (Lipinski definition) is 7. The number of hydrogen-bond donors (Lipinski definition) is 1. The second-order valence-electron chi connectivity index (χ2n) is 7.79. The van der Waals surface area contributed by atoms with Crippen LogP contribution in [0.2, 0.25) is 0 Å². The maximum Gasteiger partial charge on any atom is 0.279 e. The van der Waals surface area contributed by atoms with Crippen LogP contribution in [-0.2, 0) is 0 Å². The molecule has 8 heteroatoms. The first-order valence-electron chi connectivity index (χ1n) is 11.0. The summed E-state index contributed by atoms with van der Waals surface area (Å²) in [6.07, 6.45) is 1.84. The van der Waals surface area contributed by atoms with E-state index in [9.17, 15) is 4.79 Å². The van der Waals surface area contributed by atoms with Crippen LogP contribution in [0.5, 0.6) is 17.2 Å². The molecule has 1 fully saturated rings. The Morgan fingerprint density at radius 3 is 2.64 bits per heavy atom. The maximum absolute atomic E-state index is 13.4. The minimum Gasteiger partial charge on any atom is -0.497 e. The smallest absolute Gasteiger partial charge is 0.279 e. The van der Waals surface area contributed by atoms with E-state index in [1.807, 2.05) is 56.3 Å². The lowest BCUT2D eigenvalue weighted by atomic mass is 10.00. The van der Waals surface area contributed by atoms with Crippen LogP contribution >= 0.6 is 11.3 Å². The summed E-state index contributed by atoms with van der Waals surface area (Å²) < 4.78 is 16.4. The lowest BCUT2D eigenvalue weighted by molar-refractivity contribution is 0.0537. The zero-order valence-corrected chi connectivity index (χ0v) is 20.2. The number of hydrazine groups is 1. The summed E-state index contributed by atoms with van der Waals surface area (Å²) in [5, 5.41) is 2.54. The van der Waals surface area contributed by atoms with E-state index in [2.05, 4.69) is 10.4 Å². The third kappa shape index (κ3) is 4.96. The summed E-state index contributed by atoms with van der Waals surface area (Å²) in [6.45, 7) is 5.04. The maximum atomic E-state index is 13.4. The summed E-state index contributed by atoms with van der Waals surface area (Å²) in [5.41, 5.74) is 6.19. The predicted octanol–water partition coefficient (Wildman–Crippen LogP) is 5.02. The highest BCUT2D eigenvalue weighted by Crippen LogP contribution is 2.34. The number of aromatic nitrogens is 1. The highest BCUT2D eigenvalue weighted by Gasteiger charge is 2.28. The lowest BCUT2D eigenvalue weighted by Gasteiger charge is -2.34. The van der Waals surface area contributed by atoms with E-state index in [1.165, 1.54) is 11.3 Å². The lowest BCUT2D eigenvalue weighted by Crippen LogP contribution is -2.48.